The molecule has 0 radical (unpaired) electrons. The van der Waals surface area contributed by atoms with Gasteiger partial charge in [-0.05, 0) is 40.6 Å². The summed E-state index contributed by atoms with van der Waals surface area (Å²) in [6.45, 7) is 2.86. The molecular weight excluding hydrogens is 274 g/mol. The first-order chi connectivity index (χ1) is 7.22. The molecule has 4 heteroatoms. The van der Waals surface area contributed by atoms with Crippen LogP contribution in [0.5, 0.6) is 0 Å². The zero-order valence-corrected chi connectivity index (χ0v) is 11.0. The predicted molar refractivity (Wildman–Crippen MR) is 69.0 cm³/mol. The van der Waals surface area contributed by atoms with E-state index in [0.29, 0.717) is 0 Å². The van der Waals surface area contributed by atoms with Crippen LogP contribution in [0.3, 0.4) is 0 Å². The molecule has 0 unspecified atom stereocenters. The fourth-order valence-corrected chi connectivity index (χ4v) is 2.35. The first-order valence-corrected chi connectivity index (χ1v) is 6.54. The second kappa shape index (κ2) is 6.80. The Morgan fingerprint density at radius 2 is 2.40 bits per heavy atom. The van der Waals surface area contributed by atoms with Crippen LogP contribution in [-0.2, 0) is 4.79 Å². The molecule has 1 heterocycles. The molecule has 1 aromatic heterocycles. The largest absolute Gasteiger partial charge is 0.353 e. The highest BCUT2D eigenvalue weighted by molar-refractivity contribution is 9.11. The molecule has 1 amide bonds. The summed E-state index contributed by atoms with van der Waals surface area (Å²) >= 11 is 4.98. The van der Waals surface area contributed by atoms with Gasteiger partial charge in [0.15, 0.2) is 0 Å². The molecule has 0 saturated heterocycles. The first kappa shape index (κ1) is 12.5. The van der Waals surface area contributed by atoms with E-state index in [4.69, 9.17) is 0 Å². The normalized spacial score (nSPS) is 10.8. The van der Waals surface area contributed by atoms with Gasteiger partial charge in [-0.2, -0.15) is 0 Å². The smallest absolute Gasteiger partial charge is 0.244 e. The van der Waals surface area contributed by atoms with Gasteiger partial charge in [-0.1, -0.05) is 13.3 Å². The minimum atomic E-state index is -0.0204. The fraction of sp³-hybridized carbons (Fsp3) is 0.364. The maximum Gasteiger partial charge on any atom is 0.244 e. The Kier molecular flexibility index (Phi) is 5.65. The summed E-state index contributed by atoms with van der Waals surface area (Å²) in [5.41, 5.74) is 0. The Balaban J connectivity index is 2.34. The van der Waals surface area contributed by atoms with Gasteiger partial charge in [0.25, 0.3) is 0 Å². The molecule has 0 atom stereocenters. The van der Waals surface area contributed by atoms with Crippen molar-refractivity contribution in [3.63, 3.8) is 0 Å². The predicted octanol–water partition coefficient (Wildman–Crippen LogP) is 3.44. The molecular formula is C11H14BrNOS. The Morgan fingerprint density at radius 1 is 1.60 bits per heavy atom. The first-order valence-electron chi connectivity index (χ1n) is 4.93. The molecule has 0 saturated carbocycles. The van der Waals surface area contributed by atoms with Gasteiger partial charge < -0.3 is 5.32 Å². The number of hydrogen-bond acceptors (Lipinski definition) is 2. The van der Waals surface area contributed by atoms with E-state index in [1.54, 1.807) is 17.4 Å². The minimum Gasteiger partial charge on any atom is -0.353 e. The van der Waals surface area contributed by atoms with Gasteiger partial charge in [0.05, 0.1) is 3.79 Å². The highest BCUT2D eigenvalue weighted by Crippen LogP contribution is 2.22. The van der Waals surface area contributed by atoms with Crippen LogP contribution in [0.4, 0.5) is 0 Å². The molecule has 1 rings (SSSR count). The summed E-state index contributed by atoms with van der Waals surface area (Å²) < 4.78 is 1.08. The number of thiophene rings is 1. The average molecular weight is 288 g/mol. The molecule has 82 valence electrons. The lowest BCUT2D eigenvalue weighted by Crippen LogP contribution is -2.21. The summed E-state index contributed by atoms with van der Waals surface area (Å²) in [5.74, 6) is -0.0204. The lowest BCUT2D eigenvalue weighted by molar-refractivity contribution is -0.116. The highest BCUT2D eigenvalue weighted by Gasteiger charge is 1.95. The van der Waals surface area contributed by atoms with Crippen molar-refractivity contribution in [3.05, 3.63) is 26.9 Å². The van der Waals surface area contributed by atoms with E-state index in [1.807, 2.05) is 18.2 Å². The number of nitrogens with one attached hydrogen (secondary N) is 1. The summed E-state index contributed by atoms with van der Waals surface area (Å²) in [6, 6.07) is 3.95. The molecule has 0 aliphatic heterocycles. The number of amides is 1. The lowest BCUT2D eigenvalue weighted by atomic mass is 10.3. The Hall–Kier alpha value is -0.610. The number of carbonyl (C=O) groups is 1. The van der Waals surface area contributed by atoms with Crippen LogP contribution < -0.4 is 5.32 Å². The van der Waals surface area contributed by atoms with Crippen LogP contribution in [0.1, 0.15) is 24.6 Å². The molecule has 2 nitrogen and oxygen atoms in total. The van der Waals surface area contributed by atoms with Crippen molar-refractivity contribution in [2.24, 2.45) is 0 Å². The summed E-state index contributed by atoms with van der Waals surface area (Å²) in [7, 11) is 0. The highest BCUT2D eigenvalue weighted by atomic mass is 79.9. The van der Waals surface area contributed by atoms with Gasteiger partial charge in [0.1, 0.15) is 0 Å². The number of carbonyl (C=O) groups excluding carboxylic acids is 1. The quantitative estimate of drug-likeness (QED) is 0.652. The molecule has 1 N–H and O–H groups in total. The Morgan fingerprint density at radius 3 is 3.00 bits per heavy atom. The average Bonchev–Trinajstić information content (AvgIpc) is 2.62. The van der Waals surface area contributed by atoms with Crippen LogP contribution in [-0.4, -0.2) is 12.5 Å². The molecule has 0 bridgehead atoms. The van der Waals surface area contributed by atoms with E-state index in [0.717, 1.165) is 28.0 Å². The Bertz CT molecular complexity index is 346. The number of halogens is 1. The summed E-state index contributed by atoms with van der Waals surface area (Å²) in [6.07, 6.45) is 5.54. The van der Waals surface area contributed by atoms with Gasteiger partial charge >= 0.3 is 0 Å². The zero-order chi connectivity index (χ0) is 11.1. The van der Waals surface area contributed by atoms with Gasteiger partial charge in [-0.3, -0.25) is 4.79 Å². The standard InChI is InChI=1S/C11H14BrNOS/c1-2-3-8-13-11(14)7-5-9-4-6-10(12)15-9/h4-7H,2-3,8H2,1H3,(H,13,14). The van der Waals surface area contributed by atoms with Crippen LogP contribution in [0.25, 0.3) is 6.08 Å². The third kappa shape index (κ3) is 5.14. The number of hydrogen-bond donors (Lipinski definition) is 1. The van der Waals surface area contributed by atoms with E-state index in [1.165, 1.54) is 0 Å². The van der Waals surface area contributed by atoms with Crippen LogP contribution in [0.2, 0.25) is 0 Å². The molecule has 1 aromatic rings. The third-order valence-corrected chi connectivity index (χ3v) is 3.41. The van der Waals surface area contributed by atoms with Gasteiger partial charge in [-0.15, -0.1) is 11.3 Å². The van der Waals surface area contributed by atoms with Crippen molar-refractivity contribution in [1.29, 1.82) is 0 Å². The SMILES string of the molecule is CCCCNC(=O)C=Cc1ccc(Br)s1. The zero-order valence-electron chi connectivity index (χ0n) is 8.63. The fourth-order valence-electron chi connectivity index (χ4n) is 1.02. The van der Waals surface area contributed by atoms with Crippen molar-refractivity contribution >= 4 is 39.2 Å². The lowest BCUT2D eigenvalue weighted by Gasteiger charge is -1.98. The van der Waals surface area contributed by atoms with Crippen LogP contribution >= 0.6 is 27.3 Å². The van der Waals surface area contributed by atoms with E-state index in [-0.39, 0.29) is 5.91 Å². The van der Waals surface area contributed by atoms with Crippen molar-refractivity contribution in [2.45, 2.75) is 19.8 Å². The molecule has 0 fully saturated rings. The van der Waals surface area contributed by atoms with E-state index < -0.39 is 0 Å². The summed E-state index contributed by atoms with van der Waals surface area (Å²) in [5, 5.41) is 2.83. The molecule has 0 aliphatic rings. The van der Waals surface area contributed by atoms with E-state index in [2.05, 4.69) is 28.2 Å². The molecule has 0 aliphatic carbocycles. The second-order valence-electron chi connectivity index (χ2n) is 3.12. The third-order valence-electron chi connectivity index (χ3n) is 1.82. The van der Waals surface area contributed by atoms with Crippen LogP contribution in [0.15, 0.2) is 22.0 Å². The van der Waals surface area contributed by atoms with Gasteiger partial charge in [-0.25, -0.2) is 0 Å². The van der Waals surface area contributed by atoms with Crippen molar-refractivity contribution in [2.75, 3.05) is 6.54 Å². The van der Waals surface area contributed by atoms with E-state index in [9.17, 15) is 4.79 Å². The van der Waals surface area contributed by atoms with Crippen LogP contribution in [0, 0.1) is 0 Å². The van der Waals surface area contributed by atoms with Crippen molar-refractivity contribution in [3.8, 4) is 0 Å². The van der Waals surface area contributed by atoms with E-state index >= 15 is 0 Å². The molecule has 15 heavy (non-hydrogen) atoms. The second-order valence-corrected chi connectivity index (χ2v) is 5.61. The maximum atomic E-state index is 11.3. The molecule has 0 spiro atoms. The number of unbranched alkanes of at least 4 members (excludes halogenated alkanes) is 1. The van der Waals surface area contributed by atoms with Crippen molar-refractivity contribution < 1.29 is 4.79 Å². The topological polar surface area (TPSA) is 29.1 Å². The van der Waals surface area contributed by atoms with Gasteiger partial charge in [0, 0.05) is 17.5 Å². The maximum absolute atomic E-state index is 11.3. The Labute approximate surface area is 103 Å². The monoisotopic (exact) mass is 287 g/mol. The number of rotatable bonds is 5. The summed E-state index contributed by atoms with van der Waals surface area (Å²) in [4.78, 5) is 12.4. The molecule has 0 aromatic carbocycles. The van der Waals surface area contributed by atoms with Gasteiger partial charge in [0.2, 0.25) is 5.91 Å². The minimum absolute atomic E-state index is 0.0204. The van der Waals surface area contributed by atoms with Crippen molar-refractivity contribution in [1.82, 2.24) is 5.32 Å².